The molecule has 6 heteroatoms. The van der Waals surface area contributed by atoms with Gasteiger partial charge in [0.2, 0.25) is 0 Å². The molecule has 0 spiro atoms. The van der Waals surface area contributed by atoms with E-state index in [1.165, 1.54) is 0 Å². The Labute approximate surface area is 154 Å². The topological polar surface area (TPSA) is 69.6 Å². The highest BCUT2D eigenvalue weighted by Gasteiger charge is 2.27. The van der Waals surface area contributed by atoms with Gasteiger partial charge < -0.3 is 14.9 Å². The molecule has 1 N–H and O–H groups in total. The number of carbonyl (C=O) groups is 1. The first-order valence-corrected chi connectivity index (χ1v) is 9.04. The van der Waals surface area contributed by atoms with Crippen molar-refractivity contribution in [3.05, 3.63) is 41.6 Å². The van der Waals surface area contributed by atoms with Crippen molar-refractivity contribution in [2.24, 2.45) is 0 Å². The summed E-state index contributed by atoms with van der Waals surface area (Å²) < 4.78 is 0. The maximum absolute atomic E-state index is 12.9. The van der Waals surface area contributed by atoms with E-state index in [1.54, 1.807) is 11.1 Å². The molecule has 1 aliphatic heterocycles. The van der Waals surface area contributed by atoms with E-state index in [1.807, 2.05) is 50.2 Å². The predicted octanol–water partition coefficient (Wildman–Crippen LogP) is 2.51. The van der Waals surface area contributed by atoms with E-state index in [0.717, 1.165) is 36.2 Å². The molecule has 1 atom stereocenters. The maximum atomic E-state index is 12.9. The van der Waals surface area contributed by atoms with Crippen LogP contribution in [0.15, 0.2) is 30.5 Å². The van der Waals surface area contributed by atoms with Crippen molar-refractivity contribution in [1.29, 1.82) is 0 Å². The number of nitrogens with zero attached hydrogens (tertiary/aromatic N) is 4. The number of rotatable bonds is 4. The molecule has 0 aliphatic carbocycles. The van der Waals surface area contributed by atoms with Gasteiger partial charge in [-0.3, -0.25) is 4.79 Å². The van der Waals surface area contributed by atoms with E-state index in [0.29, 0.717) is 17.9 Å². The van der Waals surface area contributed by atoms with Crippen molar-refractivity contribution in [2.75, 3.05) is 32.1 Å². The van der Waals surface area contributed by atoms with Crippen LogP contribution in [0.5, 0.6) is 0 Å². The van der Waals surface area contributed by atoms with Crippen LogP contribution in [0.25, 0.3) is 11.4 Å². The lowest BCUT2D eigenvalue weighted by atomic mass is 10.0. The summed E-state index contributed by atoms with van der Waals surface area (Å²) in [6, 6.07) is 7.35. The molecule has 3 rings (SSSR count). The van der Waals surface area contributed by atoms with Crippen LogP contribution in [0, 0.1) is 6.92 Å². The normalized spacial score (nSPS) is 17.2. The van der Waals surface area contributed by atoms with Crippen molar-refractivity contribution in [3.63, 3.8) is 0 Å². The summed E-state index contributed by atoms with van der Waals surface area (Å²) in [5, 5.41) is 9.58. The zero-order chi connectivity index (χ0) is 18.7. The van der Waals surface area contributed by atoms with Crippen LogP contribution in [0.1, 0.15) is 35.2 Å². The Kier molecular flexibility index (Phi) is 5.52. The van der Waals surface area contributed by atoms with Crippen LogP contribution in [0.4, 0.5) is 5.82 Å². The third-order valence-electron chi connectivity index (χ3n) is 4.84. The number of anilines is 1. The van der Waals surface area contributed by atoms with Crippen LogP contribution in [0.2, 0.25) is 0 Å². The number of aliphatic hydroxyl groups is 1. The zero-order valence-electron chi connectivity index (χ0n) is 15.6. The Hall–Kier alpha value is -2.47. The van der Waals surface area contributed by atoms with Gasteiger partial charge in [0.15, 0.2) is 5.82 Å². The van der Waals surface area contributed by atoms with Gasteiger partial charge in [-0.25, -0.2) is 9.97 Å². The van der Waals surface area contributed by atoms with Gasteiger partial charge in [0.1, 0.15) is 5.82 Å². The average Bonchev–Trinajstić information content (AvgIpc) is 2.67. The van der Waals surface area contributed by atoms with Crippen LogP contribution in [-0.2, 0) is 0 Å². The molecule has 0 radical (unpaired) electrons. The quantitative estimate of drug-likeness (QED) is 0.914. The lowest BCUT2D eigenvalue weighted by Gasteiger charge is -2.34. The Balaban J connectivity index is 1.91. The summed E-state index contributed by atoms with van der Waals surface area (Å²) >= 11 is 0. The molecular weight excluding hydrogens is 328 g/mol. The molecule has 1 amide bonds. The number of aromatic nitrogens is 2. The monoisotopic (exact) mass is 354 g/mol. The molecule has 1 aliphatic rings. The fourth-order valence-electron chi connectivity index (χ4n) is 3.44. The first kappa shape index (κ1) is 18.3. The lowest BCUT2D eigenvalue weighted by molar-refractivity contribution is 0.0503. The second-order valence-electron chi connectivity index (χ2n) is 7.01. The minimum atomic E-state index is -0.0872. The van der Waals surface area contributed by atoms with E-state index in [2.05, 4.69) is 9.97 Å². The average molecular weight is 354 g/mol. The second kappa shape index (κ2) is 7.83. The molecule has 1 aromatic carbocycles. The lowest BCUT2D eigenvalue weighted by Crippen LogP contribution is -2.45. The highest BCUT2D eigenvalue weighted by Crippen LogP contribution is 2.24. The summed E-state index contributed by atoms with van der Waals surface area (Å²) in [4.78, 5) is 25.8. The number of aryl methyl sites for hydroxylation is 1. The molecular formula is C20H26N4O2. The molecule has 1 saturated heterocycles. The summed E-state index contributed by atoms with van der Waals surface area (Å²) in [5.74, 6) is 1.43. The summed E-state index contributed by atoms with van der Waals surface area (Å²) in [6.07, 6.45) is 4.70. The van der Waals surface area contributed by atoms with Gasteiger partial charge in [0, 0.05) is 43.5 Å². The molecule has 6 nitrogen and oxygen atoms in total. The highest BCUT2D eigenvalue weighted by molar-refractivity contribution is 5.95. The van der Waals surface area contributed by atoms with E-state index >= 15 is 0 Å². The second-order valence-corrected chi connectivity index (χ2v) is 7.01. The van der Waals surface area contributed by atoms with E-state index in [4.69, 9.17) is 0 Å². The first-order valence-electron chi connectivity index (χ1n) is 9.04. The van der Waals surface area contributed by atoms with Gasteiger partial charge in [0.25, 0.3) is 5.91 Å². The van der Waals surface area contributed by atoms with Gasteiger partial charge in [0.05, 0.1) is 12.6 Å². The van der Waals surface area contributed by atoms with Crippen LogP contribution < -0.4 is 4.90 Å². The molecule has 0 bridgehead atoms. The summed E-state index contributed by atoms with van der Waals surface area (Å²) in [5.41, 5.74) is 2.43. The Morgan fingerprint density at radius 3 is 2.88 bits per heavy atom. The molecule has 2 aromatic rings. The van der Waals surface area contributed by atoms with Crippen molar-refractivity contribution in [1.82, 2.24) is 14.9 Å². The van der Waals surface area contributed by atoms with E-state index < -0.39 is 0 Å². The Morgan fingerprint density at radius 2 is 2.15 bits per heavy atom. The Morgan fingerprint density at radius 1 is 1.35 bits per heavy atom. The van der Waals surface area contributed by atoms with Gasteiger partial charge in [-0.05, 0) is 38.3 Å². The van der Waals surface area contributed by atoms with Gasteiger partial charge >= 0.3 is 0 Å². The van der Waals surface area contributed by atoms with Gasteiger partial charge in [-0.1, -0.05) is 12.1 Å². The molecule has 26 heavy (non-hydrogen) atoms. The largest absolute Gasteiger partial charge is 0.394 e. The van der Waals surface area contributed by atoms with Crippen molar-refractivity contribution in [2.45, 2.75) is 32.2 Å². The third kappa shape index (κ3) is 3.70. The maximum Gasteiger partial charge on any atom is 0.254 e. The van der Waals surface area contributed by atoms with Crippen LogP contribution >= 0.6 is 0 Å². The zero-order valence-corrected chi connectivity index (χ0v) is 15.6. The molecule has 2 heterocycles. The number of likely N-dealkylation sites (tertiary alicyclic amines) is 1. The fraction of sp³-hybridized carbons (Fsp3) is 0.450. The first-order chi connectivity index (χ1) is 12.5. The number of piperidine rings is 1. The van der Waals surface area contributed by atoms with Crippen molar-refractivity contribution >= 4 is 11.7 Å². The number of hydrogen-bond donors (Lipinski definition) is 1. The Bertz CT molecular complexity index is 791. The minimum absolute atomic E-state index is 0.0126. The van der Waals surface area contributed by atoms with Gasteiger partial charge in [-0.15, -0.1) is 0 Å². The molecule has 138 valence electrons. The summed E-state index contributed by atoms with van der Waals surface area (Å²) in [6.45, 7) is 2.68. The van der Waals surface area contributed by atoms with Crippen molar-refractivity contribution in [3.8, 4) is 11.4 Å². The minimum Gasteiger partial charge on any atom is -0.394 e. The number of amides is 1. The predicted molar refractivity (Wildman–Crippen MR) is 102 cm³/mol. The highest BCUT2D eigenvalue weighted by atomic mass is 16.3. The summed E-state index contributed by atoms with van der Waals surface area (Å²) in [7, 11) is 3.90. The molecule has 1 aromatic heterocycles. The van der Waals surface area contributed by atoms with E-state index in [9.17, 15) is 9.90 Å². The number of hydrogen-bond acceptors (Lipinski definition) is 5. The SMILES string of the molecule is Cc1cnc(-c2cccc(C(=O)N3CCCC[C@H]3CO)c2)nc1N(C)C. The smallest absolute Gasteiger partial charge is 0.254 e. The van der Waals surface area contributed by atoms with Crippen LogP contribution in [0.3, 0.4) is 0 Å². The molecule has 0 unspecified atom stereocenters. The van der Waals surface area contributed by atoms with Crippen LogP contribution in [-0.4, -0.2) is 59.2 Å². The van der Waals surface area contributed by atoms with E-state index in [-0.39, 0.29) is 18.6 Å². The number of aliphatic hydroxyl groups excluding tert-OH is 1. The standard InChI is InChI=1S/C20H26N4O2/c1-14-12-21-18(22-19(14)23(2)3)15-7-6-8-16(11-15)20(26)24-10-5-4-9-17(24)13-25/h6-8,11-12,17,25H,4-5,9-10,13H2,1-3H3/t17-/m0/s1. The fourth-order valence-corrected chi connectivity index (χ4v) is 3.44. The molecule has 1 fully saturated rings. The van der Waals surface area contributed by atoms with Crippen molar-refractivity contribution < 1.29 is 9.90 Å². The van der Waals surface area contributed by atoms with Gasteiger partial charge in [-0.2, -0.15) is 0 Å². The third-order valence-corrected chi connectivity index (χ3v) is 4.84. The number of carbonyl (C=O) groups excluding carboxylic acids is 1. The number of benzene rings is 1. The molecule has 0 saturated carbocycles.